The Kier molecular flexibility index (Phi) is 3.82. The summed E-state index contributed by atoms with van der Waals surface area (Å²) in [5.41, 5.74) is 1.30. The minimum absolute atomic E-state index is 0.0126. The third-order valence-corrected chi connectivity index (χ3v) is 3.26. The van der Waals surface area contributed by atoms with Gasteiger partial charge in [0.05, 0.1) is 5.02 Å². The molecule has 4 heteroatoms. The first-order valence-corrected chi connectivity index (χ1v) is 6.13. The molecule has 0 spiro atoms. The fourth-order valence-electron chi connectivity index (χ4n) is 1.52. The summed E-state index contributed by atoms with van der Waals surface area (Å²) in [5.74, 6) is -0.488. The quantitative estimate of drug-likeness (QED) is 0.875. The molecule has 0 aliphatic heterocycles. The van der Waals surface area contributed by atoms with Gasteiger partial charge in [-0.25, -0.2) is 4.39 Å². The van der Waals surface area contributed by atoms with E-state index in [0.29, 0.717) is 5.56 Å². The summed E-state index contributed by atoms with van der Waals surface area (Å²) in [6.07, 6.45) is -0.804. The second-order valence-electron chi connectivity index (χ2n) is 3.63. The van der Waals surface area contributed by atoms with Crippen LogP contribution in [0.3, 0.4) is 0 Å². The summed E-state index contributed by atoms with van der Waals surface area (Å²) in [6, 6.07) is 11.5. The zero-order valence-corrected chi connectivity index (χ0v) is 11.0. The van der Waals surface area contributed by atoms with Crippen molar-refractivity contribution in [3.05, 3.63) is 68.9 Å². The van der Waals surface area contributed by atoms with Crippen molar-refractivity contribution < 1.29 is 9.50 Å². The highest BCUT2D eigenvalue weighted by atomic mass is 79.9. The van der Waals surface area contributed by atoms with Crippen LogP contribution in [0.25, 0.3) is 0 Å². The largest absolute Gasteiger partial charge is 0.384 e. The zero-order valence-electron chi connectivity index (χ0n) is 8.70. The second kappa shape index (κ2) is 5.17. The lowest BCUT2D eigenvalue weighted by Gasteiger charge is -2.12. The smallest absolute Gasteiger partial charge is 0.141 e. The summed E-state index contributed by atoms with van der Waals surface area (Å²) in [4.78, 5) is 0. The lowest BCUT2D eigenvalue weighted by Crippen LogP contribution is -1.99. The molecule has 17 heavy (non-hydrogen) atoms. The lowest BCUT2D eigenvalue weighted by atomic mass is 10.0. The van der Waals surface area contributed by atoms with Crippen LogP contribution in [0.5, 0.6) is 0 Å². The van der Waals surface area contributed by atoms with Crippen LogP contribution in [0.2, 0.25) is 5.02 Å². The molecule has 0 saturated heterocycles. The van der Waals surface area contributed by atoms with Crippen molar-refractivity contribution in [2.75, 3.05) is 0 Å². The first kappa shape index (κ1) is 12.6. The van der Waals surface area contributed by atoms with Gasteiger partial charge in [0.2, 0.25) is 0 Å². The second-order valence-corrected chi connectivity index (χ2v) is 4.95. The summed E-state index contributed by atoms with van der Waals surface area (Å²) in [5, 5.41) is 10.1. The minimum Gasteiger partial charge on any atom is -0.384 e. The molecule has 0 bridgehead atoms. The molecular weight excluding hydrogens is 306 g/mol. The predicted molar refractivity (Wildman–Crippen MR) is 69.6 cm³/mol. The van der Waals surface area contributed by atoms with Crippen molar-refractivity contribution in [2.24, 2.45) is 0 Å². The van der Waals surface area contributed by atoms with Gasteiger partial charge in [0.1, 0.15) is 11.9 Å². The summed E-state index contributed by atoms with van der Waals surface area (Å²) >= 11 is 9.00. The Morgan fingerprint density at radius 3 is 2.24 bits per heavy atom. The Balaban J connectivity index is 2.33. The first-order chi connectivity index (χ1) is 8.08. The van der Waals surface area contributed by atoms with Crippen molar-refractivity contribution >= 4 is 27.5 Å². The number of aliphatic hydroxyl groups is 1. The molecule has 0 aliphatic rings. The van der Waals surface area contributed by atoms with Gasteiger partial charge >= 0.3 is 0 Å². The zero-order chi connectivity index (χ0) is 12.4. The number of benzene rings is 2. The molecule has 0 amide bonds. The average Bonchev–Trinajstić information content (AvgIpc) is 2.33. The molecular formula is C13H9BrClFO. The highest BCUT2D eigenvalue weighted by molar-refractivity contribution is 9.10. The number of aliphatic hydroxyl groups excluding tert-OH is 1. The van der Waals surface area contributed by atoms with E-state index in [1.807, 2.05) is 12.1 Å². The Morgan fingerprint density at radius 1 is 1.06 bits per heavy atom. The summed E-state index contributed by atoms with van der Waals surface area (Å²) in [7, 11) is 0. The third-order valence-electron chi connectivity index (χ3n) is 2.45. The van der Waals surface area contributed by atoms with Crippen LogP contribution >= 0.6 is 27.5 Å². The van der Waals surface area contributed by atoms with Crippen molar-refractivity contribution in [1.29, 1.82) is 0 Å². The van der Waals surface area contributed by atoms with Crippen LogP contribution < -0.4 is 0 Å². The number of hydrogen-bond donors (Lipinski definition) is 1. The molecule has 2 aromatic carbocycles. The standard InChI is InChI=1S/C13H9BrClFO/c14-10-4-1-8(2-5-10)13(17)9-3-6-12(16)11(15)7-9/h1-7,13,17H/t13-/m1/s1. The van der Waals surface area contributed by atoms with Crippen molar-refractivity contribution in [3.63, 3.8) is 0 Å². The molecule has 2 rings (SSSR count). The van der Waals surface area contributed by atoms with Gasteiger partial charge in [-0.2, -0.15) is 0 Å². The highest BCUT2D eigenvalue weighted by Crippen LogP contribution is 2.26. The molecule has 0 aliphatic carbocycles. The normalized spacial score (nSPS) is 12.5. The Hall–Kier alpha value is -0.900. The fourth-order valence-corrected chi connectivity index (χ4v) is 1.97. The Bertz CT molecular complexity index is 527. The molecule has 1 N–H and O–H groups in total. The van der Waals surface area contributed by atoms with E-state index in [9.17, 15) is 9.50 Å². The van der Waals surface area contributed by atoms with E-state index < -0.39 is 11.9 Å². The minimum atomic E-state index is -0.804. The number of hydrogen-bond acceptors (Lipinski definition) is 1. The van der Waals surface area contributed by atoms with E-state index in [4.69, 9.17) is 11.6 Å². The number of halogens is 3. The van der Waals surface area contributed by atoms with Gasteiger partial charge in [0.15, 0.2) is 0 Å². The molecule has 0 radical (unpaired) electrons. The highest BCUT2D eigenvalue weighted by Gasteiger charge is 2.12. The maximum Gasteiger partial charge on any atom is 0.141 e. The van der Waals surface area contributed by atoms with Crippen LogP contribution in [0.1, 0.15) is 17.2 Å². The Morgan fingerprint density at radius 2 is 1.65 bits per heavy atom. The van der Waals surface area contributed by atoms with Crippen molar-refractivity contribution in [2.45, 2.75) is 6.10 Å². The van der Waals surface area contributed by atoms with E-state index in [1.165, 1.54) is 18.2 Å². The van der Waals surface area contributed by atoms with Crippen LogP contribution in [0.4, 0.5) is 4.39 Å². The Labute approximate surface area is 112 Å². The molecule has 1 atom stereocenters. The molecule has 2 aromatic rings. The molecule has 0 saturated carbocycles. The SMILES string of the molecule is O[C@H](c1ccc(Br)cc1)c1ccc(F)c(Cl)c1. The fraction of sp³-hybridized carbons (Fsp3) is 0.0769. The molecule has 0 aromatic heterocycles. The molecule has 1 nitrogen and oxygen atoms in total. The first-order valence-electron chi connectivity index (χ1n) is 4.96. The van der Waals surface area contributed by atoms with Gasteiger partial charge in [-0.3, -0.25) is 0 Å². The lowest BCUT2D eigenvalue weighted by molar-refractivity contribution is 0.220. The maximum atomic E-state index is 13.0. The molecule has 0 heterocycles. The molecule has 0 unspecified atom stereocenters. The van der Waals surface area contributed by atoms with E-state index in [0.717, 1.165) is 10.0 Å². The van der Waals surface area contributed by atoms with Crippen LogP contribution in [0, 0.1) is 5.82 Å². The van der Waals surface area contributed by atoms with Gasteiger partial charge < -0.3 is 5.11 Å². The van der Waals surface area contributed by atoms with Gasteiger partial charge in [-0.15, -0.1) is 0 Å². The number of rotatable bonds is 2. The van der Waals surface area contributed by atoms with E-state index in [-0.39, 0.29) is 5.02 Å². The van der Waals surface area contributed by atoms with Gasteiger partial charge in [-0.05, 0) is 35.4 Å². The average molecular weight is 316 g/mol. The summed E-state index contributed by atoms with van der Waals surface area (Å²) < 4.78 is 13.9. The van der Waals surface area contributed by atoms with Crippen LogP contribution in [0.15, 0.2) is 46.9 Å². The predicted octanol–water partition coefficient (Wildman–Crippen LogP) is 4.32. The molecule has 88 valence electrons. The van der Waals surface area contributed by atoms with E-state index in [1.54, 1.807) is 12.1 Å². The maximum absolute atomic E-state index is 13.0. The van der Waals surface area contributed by atoms with Crippen molar-refractivity contribution in [3.8, 4) is 0 Å². The summed E-state index contributed by atoms with van der Waals surface area (Å²) in [6.45, 7) is 0. The monoisotopic (exact) mass is 314 g/mol. The van der Waals surface area contributed by atoms with E-state index in [2.05, 4.69) is 15.9 Å². The van der Waals surface area contributed by atoms with E-state index >= 15 is 0 Å². The van der Waals surface area contributed by atoms with Crippen LogP contribution in [-0.2, 0) is 0 Å². The topological polar surface area (TPSA) is 20.2 Å². The third kappa shape index (κ3) is 2.86. The van der Waals surface area contributed by atoms with Crippen LogP contribution in [-0.4, -0.2) is 5.11 Å². The van der Waals surface area contributed by atoms with Gasteiger partial charge in [0.25, 0.3) is 0 Å². The molecule has 0 fully saturated rings. The van der Waals surface area contributed by atoms with Crippen molar-refractivity contribution in [1.82, 2.24) is 0 Å². The van der Waals surface area contributed by atoms with Gasteiger partial charge in [-0.1, -0.05) is 45.7 Å². The van der Waals surface area contributed by atoms with Gasteiger partial charge in [0, 0.05) is 4.47 Å².